The summed E-state index contributed by atoms with van der Waals surface area (Å²) in [6, 6.07) is 18.8. The van der Waals surface area contributed by atoms with Crippen molar-refractivity contribution in [1.82, 2.24) is 10.3 Å². The van der Waals surface area contributed by atoms with E-state index in [0.717, 1.165) is 16.3 Å². The lowest BCUT2D eigenvalue weighted by molar-refractivity contribution is -0.0183. The lowest BCUT2D eigenvalue weighted by Gasteiger charge is -2.16. The Bertz CT molecular complexity index is 983. The Hall–Kier alpha value is -3.25. The number of hydrogen-bond acceptors (Lipinski definition) is 5. The Labute approximate surface area is 156 Å². The van der Waals surface area contributed by atoms with Crippen LogP contribution in [-0.4, -0.2) is 34.4 Å². The molecule has 2 N–H and O–H groups in total. The molecular weight excluding hydrogens is 342 g/mol. The molecule has 4 rings (SSSR count). The Morgan fingerprint density at radius 2 is 1.93 bits per heavy atom. The van der Waals surface area contributed by atoms with Crippen LogP contribution < -0.4 is 5.32 Å². The predicted octanol–water partition coefficient (Wildman–Crippen LogP) is 2.84. The fraction of sp³-hybridized carbons (Fsp3) is 0.190. The molecule has 0 radical (unpaired) electrons. The minimum absolute atomic E-state index is 0.252. The van der Waals surface area contributed by atoms with E-state index in [1.807, 2.05) is 60.7 Å². The summed E-state index contributed by atoms with van der Waals surface area (Å²) < 4.78 is 0. The molecule has 1 aliphatic rings. The van der Waals surface area contributed by atoms with Crippen molar-refractivity contribution in [1.29, 1.82) is 0 Å². The maximum atomic E-state index is 12.5. The lowest BCUT2D eigenvalue weighted by atomic mass is 10.0. The van der Waals surface area contributed by atoms with Gasteiger partial charge in [0.1, 0.15) is 11.8 Å². The molecule has 136 valence electrons. The fourth-order valence-electron chi connectivity index (χ4n) is 3.15. The third-order valence-corrected chi connectivity index (χ3v) is 4.59. The van der Waals surface area contributed by atoms with Crippen LogP contribution >= 0.6 is 0 Å². The second-order valence-corrected chi connectivity index (χ2v) is 6.42. The van der Waals surface area contributed by atoms with Crippen molar-refractivity contribution in [2.45, 2.75) is 18.6 Å². The van der Waals surface area contributed by atoms with Crippen molar-refractivity contribution in [3.63, 3.8) is 0 Å². The van der Waals surface area contributed by atoms with Crippen LogP contribution in [0, 0.1) is 0 Å². The van der Waals surface area contributed by atoms with Gasteiger partial charge in [0.05, 0.1) is 12.3 Å². The number of nitrogens with one attached hydrogen (secondary N) is 1. The molecule has 0 spiro atoms. The van der Waals surface area contributed by atoms with Gasteiger partial charge < -0.3 is 15.3 Å². The van der Waals surface area contributed by atoms with Crippen LogP contribution in [0.2, 0.25) is 0 Å². The number of nitrogens with zero attached hydrogens (tertiary/aromatic N) is 2. The van der Waals surface area contributed by atoms with E-state index >= 15 is 0 Å². The average Bonchev–Trinajstić information content (AvgIpc) is 3.20. The molecule has 2 heterocycles. The summed E-state index contributed by atoms with van der Waals surface area (Å²) in [6.07, 6.45) is 0.872. The van der Waals surface area contributed by atoms with Gasteiger partial charge in [-0.25, -0.2) is 0 Å². The fourth-order valence-corrected chi connectivity index (χ4v) is 3.15. The maximum absolute atomic E-state index is 12.5. The van der Waals surface area contributed by atoms with Crippen molar-refractivity contribution < 1.29 is 14.7 Å². The third-order valence-electron chi connectivity index (χ3n) is 4.59. The zero-order chi connectivity index (χ0) is 18.6. The average molecular weight is 361 g/mol. The molecule has 1 aliphatic heterocycles. The molecule has 1 amide bonds. The van der Waals surface area contributed by atoms with Gasteiger partial charge in [-0.3, -0.25) is 9.78 Å². The number of aliphatic hydroxyl groups is 1. The summed E-state index contributed by atoms with van der Waals surface area (Å²) >= 11 is 0. The summed E-state index contributed by atoms with van der Waals surface area (Å²) in [6.45, 7) is 0.252. The number of hydrogen-bond donors (Lipinski definition) is 2. The van der Waals surface area contributed by atoms with Gasteiger partial charge in [-0.15, -0.1) is 0 Å². The number of amides is 1. The Balaban J connectivity index is 1.37. The van der Waals surface area contributed by atoms with Gasteiger partial charge in [-0.05, 0) is 17.0 Å². The van der Waals surface area contributed by atoms with E-state index in [4.69, 9.17) is 4.84 Å². The molecule has 0 fully saturated rings. The van der Waals surface area contributed by atoms with Gasteiger partial charge >= 0.3 is 0 Å². The summed E-state index contributed by atoms with van der Waals surface area (Å²) in [7, 11) is 0. The summed E-state index contributed by atoms with van der Waals surface area (Å²) in [5, 5.41) is 19.0. The standard InChI is InChI=1S/C21H19N3O3/c25-20(15-7-2-1-3-8-15)18-12-16(24-27-18)13-23-21(26)19-17-9-5-4-6-14(17)10-11-22-19/h1-11,18,20,25H,12-13H2,(H,23,26). The normalized spacial score (nSPS) is 17.2. The van der Waals surface area contributed by atoms with Crippen LogP contribution in [0.5, 0.6) is 0 Å². The number of aliphatic hydroxyl groups excluding tert-OH is 1. The van der Waals surface area contributed by atoms with Crippen LogP contribution in [-0.2, 0) is 4.84 Å². The molecule has 6 heteroatoms. The number of aromatic nitrogens is 1. The Morgan fingerprint density at radius 1 is 1.15 bits per heavy atom. The van der Waals surface area contributed by atoms with E-state index in [9.17, 15) is 9.90 Å². The summed E-state index contributed by atoms with van der Waals surface area (Å²) in [5.74, 6) is -0.262. The Morgan fingerprint density at radius 3 is 2.78 bits per heavy atom. The SMILES string of the molecule is O=C(NCC1=NOC(C(O)c2ccccc2)C1)c1nccc2ccccc12. The van der Waals surface area contributed by atoms with E-state index in [2.05, 4.69) is 15.5 Å². The number of oxime groups is 1. The lowest BCUT2D eigenvalue weighted by Crippen LogP contribution is -2.30. The summed E-state index contributed by atoms with van der Waals surface area (Å²) in [5.41, 5.74) is 1.85. The predicted molar refractivity (Wildman–Crippen MR) is 102 cm³/mol. The highest BCUT2D eigenvalue weighted by Crippen LogP contribution is 2.25. The highest BCUT2D eigenvalue weighted by Gasteiger charge is 2.29. The number of pyridine rings is 1. The topological polar surface area (TPSA) is 83.8 Å². The van der Waals surface area contributed by atoms with Crippen LogP contribution in [0.15, 0.2) is 72.0 Å². The van der Waals surface area contributed by atoms with Crippen LogP contribution in [0.1, 0.15) is 28.6 Å². The molecular formula is C21H19N3O3. The first-order chi connectivity index (χ1) is 13.2. The van der Waals surface area contributed by atoms with E-state index in [1.54, 1.807) is 6.20 Å². The van der Waals surface area contributed by atoms with Gasteiger partial charge in [-0.1, -0.05) is 59.8 Å². The first kappa shape index (κ1) is 17.2. The third kappa shape index (κ3) is 3.66. The largest absolute Gasteiger partial charge is 0.389 e. The molecule has 2 atom stereocenters. The zero-order valence-electron chi connectivity index (χ0n) is 14.6. The first-order valence-electron chi connectivity index (χ1n) is 8.79. The number of benzene rings is 2. The van der Waals surface area contributed by atoms with E-state index in [-0.39, 0.29) is 12.5 Å². The number of carbonyl (C=O) groups is 1. The highest BCUT2D eigenvalue weighted by molar-refractivity contribution is 6.06. The molecule has 0 bridgehead atoms. The van der Waals surface area contributed by atoms with E-state index in [0.29, 0.717) is 17.8 Å². The van der Waals surface area contributed by atoms with E-state index in [1.165, 1.54) is 0 Å². The van der Waals surface area contributed by atoms with Crippen molar-refractivity contribution in [3.05, 3.63) is 78.1 Å². The van der Waals surface area contributed by atoms with Crippen molar-refractivity contribution in [3.8, 4) is 0 Å². The van der Waals surface area contributed by atoms with Gasteiger partial charge in [0, 0.05) is 18.0 Å². The molecule has 0 saturated heterocycles. The monoisotopic (exact) mass is 361 g/mol. The molecule has 0 aliphatic carbocycles. The van der Waals surface area contributed by atoms with Gasteiger partial charge in [0.2, 0.25) is 0 Å². The minimum atomic E-state index is -0.761. The molecule has 1 aromatic heterocycles. The van der Waals surface area contributed by atoms with Crippen molar-refractivity contribution in [2.75, 3.05) is 6.54 Å². The molecule has 2 unspecified atom stereocenters. The number of rotatable bonds is 5. The van der Waals surface area contributed by atoms with Crippen molar-refractivity contribution in [2.24, 2.45) is 5.16 Å². The quantitative estimate of drug-likeness (QED) is 0.732. The molecule has 27 heavy (non-hydrogen) atoms. The first-order valence-corrected chi connectivity index (χ1v) is 8.79. The zero-order valence-corrected chi connectivity index (χ0v) is 14.6. The van der Waals surface area contributed by atoms with E-state index < -0.39 is 12.2 Å². The number of carbonyl (C=O) groups excluding carboxylic acids is 1. The van der Waals surface area contributed by atoms with Gasteiger partial charge in [-0.2, -0.15) is 0 Å². The maximum Gasteiger partial charge on any atom is 0.270 e. The molecule has 3 aromatic rings. The van der Waals surface area contributed by atoms with Crippen LogP contribution in [0.3, 0.4) is 0 Å². The highest BCUT2D eigenvalue weighted by atomic mass is 16.7. The van der Waals surface area contributed by atoms with Gasteiger partial charge in [0.25, 0.3) is 5.91 Å². The van der Waals surface area contributed by atoms with Crippen LogP contribution in [0.4, 0.5) is 0 Å². The second-order valence-electron chi connectivity index (χ2n) is 6.42. The molecule has 0 saturated carbocycles. The number of fused-ring (bicyclic) bond motifs is 1. The molecule has 2 aromatic carbocycles. The van der Waals surface area contributed by atoms with Crippen LogP contribution in [0.25, 0.3) is 10.8 Å². The van der Waals surface area contributed by atoms with Crippen molar-refractivity contribution >= 4 is 22.4 Å². The second kappa shape index (κ2) is 7.55. The Kier molecular flexibility index (Phi) is 4.80. The summed E-state index contributed by atoms with van der Waals surface area (Å²) in [4.78, 5) is 22.1. The minimum Gasteiger partial charge on any atom is -0.389 e. The molecule has 6 nitrogen and oxygen atoms in total. The smallest absolute Gasteiger partial charge is 0.270 e. The van der Waals surface area contributed by atoms with Gasteiger partial charge in [0.15, 0.2) is 6.10 Å².